The average Bonchev–Trinajstić information content (AvgIpc) is 2.16. The summed E-state index contributed by atoms with van der Waals surface area (Å²) < 4.78 is 5.48. The Bertz CT molecular complexity index is 126. The van der Waals surface area contributed by atoms with E-state index in [0.717, 1.165) is 26.3 Å². The average molecular weight is 216 g/mol. The lowest BCUT2D eigenvalue weighted by molar-refractivity contribution is 0.107. The summed E-state index contributed by atoms with van der Waals surface area (Å²) in [6.45, 7) is 14.4. The molecule has 0 rings (SSSR count). The summed E-state index contributed by atoms with van der Waals surface area (Å²) in [5.74, 6) is 0.565. The molecule has 3 nitrogen and oxygen atoms in total. The van der Waals surface area contributed by atoms with E-state index in [0.29, 0.717) is 18.0 Å². The van der Waals surface area contributed by atoms with Gasteiger partial charge in [0.25, 0.3) is 0 Å². The third-order valence-corrected chi connectivity index (χ3v) is 2.19. The third kappa shape index (κ3) is 10.2. The number of ether oxygens (including phenoxy) is 1. The Morgan fingerprint density at radius 1 is 0.933 bits per heavy atom. The molecule has 0 saturated carbocycles. The summed E-state index contributed by atoms with van der Waals surface area (Å²) in [7, 11) is 0. The Morgan fingerprint density at radius 3 is 1.73 bits per heavy atom. The van der Waals surface area contributed by atoms with Crippen LogP contribution in [0.5, 0.6) is 0 Å². The van der Waals surface area contributed by atoms with Gasteiger partial charge in [0.05, 0.1) is 6.61 Å². The summed E-state index contributed by atoms with van der Waals surface area (Å²) in [5.41, 5.74) is 0. The van der Waals surface area contributed by atoms with Crippen molar-refractivity contribution in [2.24, 2.45) is 5.92 Å². The molecular weight excluding hydrogens is 188 g/mol. The van der Waals surface area contributed by atoms with Crippen molar-refractivity contribution in [1.82, 2.24) is 10.6 Å². The molecular formula is C12H28N2O. The van der Waals surface area contributed by atoms with Crippen LogP contribution in [0.1, 0.15) is 34.6 Å². The van der Waals surface area contributed by atoms with Gasteiger partial charge in [-0.3, -0.25) is 0 Å². The van der Waals surface area contributed by atoms with Gasteiger partial charge in [-0.1, -0.05) is 27.7 Å². The van der Waals surface area contributed by atoms with Crippen LogP contribution in [0.15, 0.2) is 0 Å². The third-order valence-electron chi connectivity index (χ3n) is 2.19. The van der Waals surface area contributed by atoms with E-state index in [1.54, 1.807) is 0 Å². The maximum atomic E-state index is 5.48. The van der Waals surface area contributed by atoms with E-state index in [2.05, 4.69) is 38.3 Å². The maximum Gasteiger partial charge on any atom is 0.0518 e. The fourth-order valence-corrected chi connectivity index (χ4v) is 1.28. The SMILES string of the molecule is CCOCC(CNC(C)C)CNC(C)C. The molecule has 0 spiro atoms. The maximum absolute atomic E-state index is 5.48. The molecule has 0 atom stereocenters. The van der Waals surface area contributed by atoms with Gasteiger partial charge >= 0.3 is 0 Å². The van der Waals surface area contributed by atoms with Gasteiger partial charge in [-0.05, 0) is 6.92 Å². The lowest BCUT2D eigenvalue weighted by Crippen LogP contribution is -2.38. The summed E-state index contributed by atoms with van der Waals surface area (Å²) in [6, 6.07) is 1.10. The van der Waals surface area contributed by atoms with Gasteiger partial charge in [-0.25, -0.2) is 0 Å². The molecule has 0 fully saturated rings. The number of hydrogen-bond acceptors (Lipinski definition) is 3. The summed E-state index contributed by atoms with van der Waals surface area (Å²) in [4.78, 5) is 0. The standard InChI is InChI=1S/C12H28N2O/c1-6-15-9-12(7-13-10(2)3)8-14-11(4)5/h10-14H,6-9H2,1-5H3. The van der Waals surface area contributed by atoms with E-state index in [4.69, 9.17) is 4.74 Å². The molecule has 92 valence electrons. The first-order valence-electron chi connectivity index (χ1n) is 6.10. The van der Waals surface area contributed by atoms with Crippen molar-refractivity contribution in [2.75, 3.05) is 26.3 Å². The fourth-order valence-electron chi connectivity index (χ4n) is 1.28. The van der Waals surface area contributed by atoms with E-state index in [1.807, 2.05) is 6.92 Å². The van der Waals surface area contributed by atoms with Crippen LogP contribution < -0.4 is 10.6 Å². The van der Waals surface area contributed by atoms with E-state index >= 15 is 0 Å². The number of nitrogens with one attached hydrogen (secondary N) is 2. The molecule has 0 aromatic rings. The zero-order valence-electron chi connectivity index (χ0n) is 11.0. The van der Waals surface area contributed by atoms with Gasteiger partial charge in [0.15, 0.2) is 0 Å². The van der Waals surface area contributed by atoms with Crippen molar-refractivity contribution in [2.45, 2.75) is 46.7 Å². The Balaban J connectivity index is 3.73. The molecule has 0 saturated heterocycles. The molecule has 0 heterocycles. The Labute approximate surface area is 95.0 Å². The van der Waals surface area contributed by atoms with Crippen molar-refractivity contribution < 1.29 is 4.74 Å². The van der Waals surface area contributed by atoms with E-state index in [1.165, 1.54) is 0 Å². The highest BCUT2D eigenvalue weighted by Crippen LogP contribution is 1.97. The molecule has 0 aliphatic heterocycles. The zero-order chi connectivity index (χ0) is 11.7. The van der Waals surface area contributed by atoms with Gasteiger partial charge in [0, 0.05) is 37.7 Å². The number of hydrogen-bond donors (Lipinski definition) is 2. The Kier molecular flexibility index (Phi) is 9.06. The van der Waals surface area contributed by atoms with Gasteiger partial charge in [0.2, 0.25) is 0 Å². The molecule has 0 aliphatic rings. The lowest BCUT2D eigenvalue weighted by Gasteiger charge is -2.20. The van der Waals surface area contributed by atoms with Crippen LogP contribution in [0.4, 0.5) is 0 Å². The molecule has 0 aromatic carbocycles. The van der Waals surface area contributed by atoms with Crippen LogP contribution >= 0.6 is 0 Å². The predicted molar refractivity (Wildman–Crippen MR) is 66.3 cm³/mol. The first-order chi connectivity index (χ1) is 7.06. The second-order valence-corrected chi connectivity index (χ2v) is 4.65. The van der Waals surface area contributed by atoms with Crippen LogP contribution in [0, 0.1) is 5.92 Å². The van der Waals surface area contributed by atoms with E-state index < -0.39 is 0 Å². The first kappa shape index (κ1) is 14.9. The minimum Gasteiger partial charge on any atom is -0.381 e. The molecule has 0 aliphatic carbocycles. The van der Waals surface area contributed by atoms with Crippen LogP contribution in [-0.4, -0.2) is 38.4 Å². The van der Waals surface area contributed by atoms with Crippen molar-refractivity contribution in [3.05, 3.63) is 0 Å². The lowest BCUT2D eigenvalue weighted by atomic mass is 10.1. The molecule has 3 heteroatoms. The van der Waals surface area contributed by atoms with Gasteiger partial charge in [-0.15, -0.1) is 0 Å². The largest absolute Gasteiger partial charge is 0.381 e. The second kappa shape index (κ2) is 9.13. The monoisotopic (exact) mass is 216 g/mol. The molecule has 0 amide bonds. The molecule has 0 radical (unpaired) electrons. The molecule has 0 aromatic heterocycles. The minimum atomic E-state index is 0.549. The van der Waals surface area contributed by atoms with Crippen LogP contribution in [0.3, 0.4) is 0 Å². The van der Waals surface area contributed by atoms with Gasteiger partial charge < -0.3 is 15.4 Å². The normalized spacial score (nSPS) is 12.0. The summed E-state index contributed by atoms with van der Waals surface area (Å²) in [6.07, 6.45) is 0. The van der Waals surface area contributed by atoms with Crippen molar-refractivity contribution in [3.8, 4) is 0 Å². The molecule has 0 unspecified atom stereocenters. The van der Waals surface area contributed by atoms with Gasteiger partial charge in [0.1, 0.15) is 0 Å². The Morgan fingerprint density at radius 2 is 1.40 bits per heavy atom. The smallest absolute Gasteiger partial charge is 0.0518 e. The highest BCUT2D eigenvalue weighted by Gasteiger charge is 2.09. The zero-order valence-corrected chi connectivity index (χ0v) is 11.0. The van der Waals surface area contributed by atoms with Crippen molar-refractivity contribution in [1.29, 1.82) is 0 Å². The van der Waals surface area contributed by atoms with Crippen LogP contribution in [0.25, 0.3) is 0 Å². The summed E-state index contributed by atoms with van der Waals surface area (Å²) >= 11 is 0. The topological polar surface area (TPSA) is 33.3 Å². The van der Waals surface area contributed by atoms with Crippen LogP contribution in [0.2, 0.25) is 0 Å². The highest BCUT2D eigenvalue weighted by atomic mass is 16.5. The molecule has 15 heavy (non-hydrogen) atoms. The van der Waals surface area contributed by atoms with Gasteiger partial charge in [-0.2, -0.15) is 0 Å². The van der Waals surface area contributed by atoms with E-state index in [-0.39, 0.29) is 0 Å². The van der Waals surface area contributed by atoms with E-state index in [9.17, 15) is 0 Å². The van der Waals surface area contributed by atoms with Crippen molar-refractivity contribution in [3.63, 3.8) is 0 Å². The quantitative estimate of drug-likeness (QED) is 0.615. The van der Waals surface area contributed by atoms with Crippen molar-refractivity contribution >= 4 is 0 Å². The minimum absolute atomic E-state index is 0.549. The number of rotatable bonds is 9. The molecule has 2 N–H and O–H groups in total. The van der Waals surface area contributed by atoms with Crippen LogP contribution in [-0.2, 0) is 4.74 Å². The molecule has 0 bridgehead atoms. The first-order valence-corrected chi connectivity index (χ1v) is 6.10. The highest BCUT2D eigenvalue weighted by molar-refractivity contribution is 4.68. The predicted octanol–water partition coefficient (Wildman–Crippen LogP) is 1.64. The Hall–Kier alpha value is -0.120. The summed E-state index contributed by atoms with van der Waals surface area (Å²) in [5, 5.41) is 6.92. The second-order valence-electron chi connectivity index (χ2n) is 4.65. The fraction of sp³-hybridized carbons (Fsp3) is 1.00.